The summed E-state index contributed by atoms with van der Waals surface area (Å²) in [6, 6.07) is 14.3. The number of carbonyl (C=O) groups excluding carboxylic acids is 2. The van der Waals surface area contributed by atoms with Gasteiger partial charge in [-0.3, -0.25) is 9.59 Å². The highest BCUT2D eigenvalue weighted by molar-refractivity contribution is 7.11. The number of aryl methyl sites for hydroxylation is 1. The van der Waals surface area contributed by atoms with Crippen LogP contribution in [0.25, 0.3) is 0 Å². The van der Waals surface area contributed by atoms with Gasteiger partial charge in [-0.2, -0.15) is 0 Å². The minimum Gasteiger partial charge on any atom is -0.333 e. The van der Waals surface area contributed by atoms with Crippen molar-refractivity contribution < 1.29 is 9.59 Å². The predicted molar refractivity (Wildman–Crippen MR) is 130 cm³/mol. The van der Waals surface area contributed by atoms with E-state index in [-0.39, 0.29) is 18.4 Å². The van der Waals surface area contributed by atoms with Crippen molar-refractivity contribution in [2.24, 2.45) is 5.92 Å². The third kappa shape index (κ3) is 8.86. The van der Waals surface area contributed by atoms with E-state index in [1.807, 2.05) is 35.2 Å². The maximum absolute atomic E-state index is 13.4. The first-order valence-electron chi connectivity index (χ1n) is 11.6. The summed E-state index contributed by atoms with van der Waals surface area (Å²) >= 11 is 1.72. The van der Waals surface area contributed by atoms with Crippen LogP contribution in [0.15, 0.2) is 42.5 Å². The van der Waals surface area contributed by atoms with Crippen LogP contribution in [-0.2, 0) is 22.7 Å². The van der Waals surface area contributed by atoms with Crippen LogP contribution in [0.1, 0.15) is 68.2 Å². The molecule has 1 heterocycles. The van der Waals surface area contributed by atoms with Gasteiger partial charge in [0.15, 0.2) is 0 Å². The summed E-state index contributed by atoms with van der Waals surface area (Å²) in [6.07, 6.45) is 4.55. The van der Waals surface area contributed by atoms with Gasteiger partial charge in [0, 0.05) is 29.3 Å². The summed E-state index contributed by atoms with van der Waals surface area (Å²) in [5.41, 5.74) is 1.10. The van der Waals surface area contributed by atoms with Gasteiger partial charge in [0.1, 0.15) is 0 Å². The van der Waals surface area contributed by atoms with Gasteiger partial charge >= 0.3 is 0 Å². The van der Waals surface area contributed by atoms with E-state index in [4.69, 9.17) is 0 Å². The topological polar surface area (TPSA) is 40.6 Å². The van der Waals surface area contributed by atoms with E-state index in [2.05, 4.69) is 39.8 Å². The molecule has 170 valence electrons. The first kappa shape index (κ1) is 25.1. The molecule has 4 nitrogen and oxygen atoms in total. The van der Waals surface area contributed by atoms with Gasteiger partial charge in [-0.15, -0.1) is 11.3 Å². The van der Waals surface area contributed by atoms with Crippen molar-refractivity contribution in [3.05, 3.63) is 57.8 Å². The lowest BCUT2D eigenvalue weighted by Crippen LogP contribution is -2.44. The van der Waals surface area contributed by atoms with E-state index in [0.29, 0.717) is 32.0 Å². The van der Waals surface area contributed by atoms with Crippen LogP contribution in [0.2, 0.25) is 0 Å². The van der Waals surface area contributed by atoms with Crippen molar-refractivity contribution in [1.82, 2.24) is 9.80 Å². The third-order valence-electron chi connectivity index (χ3n) is 5.61. The minimum absolute atomic E-state index is 0.0158. The number of carbonyl (C=O) groups is 2. The molecule has 5 heteroatoms. The van der Waals surface area contributed by atoms with Crippen molar-refractivity contribution >= 4 is 23.2 Å². The molecule has 1 unspecified atom stereocenters. The molecule has 0 aliphatic carbocycles. The average Bonchev–Trinajstić information content (AvgIpc) is 3.18. The van der Waals surface area contributed by atoms with E-state index < -0.39 is 0 Å². The van der Waals surface area contributed by atoms with E-state index in [0.717, 1.165) is 31.2 Å². The molecule has 0 spiro atoms. The van der Waals surface area contributed by atoms with Gasteiger partial charge < -0.3 is 9.80 Å². The Bertz CT molecular complexity index is 803. The molecule has 0 saturated heterocycles. The average molecular weight is 443 g/mol. The normalized spacial score (nSPS) is 11.9. The van der Waals surface area contributed by atoms with Gasteiger partial charge in [0.2, 0.25) is 11.8 Å². The summed E-state index contributed by atoms with van der Waals surface area (Å²) in [6.45, 7) is 10.4. The molecule has 1 aromatic carbocycles. The fourth-order valence-corrected chi connectivity index (χ4v) is 4.41. The number of nitrogens with zero attached hydrogens (tertiary/aromatic N) is 2. The Balaban J connectivity index is 2.14. The first-order chi connectivity index (χ1) is 14.9. The fourth-order valence-electron chi connectivity index (χ4n) is 3.50. The van der Waals surface area contributed by atoms with Crippen LogP contribution in [0.4, 0.5) is 0 Å². The summed E-state index contributed by atoms with van der Waals surface area (Å²) in [4.78, 5) is 32.4. The molecule has 1 atom stereocenters. The van der Waals surface area contributed by atoms with Crippen LogP contribution in [0.5, 0.6) is 0 Å². The van der Waals surface area contributed by atoms with Crippen LogP contribution in [0, 0.1) is 12.8 Å². The van der Waals surface area contributed by atoms with Gasteiger partial charge in [0.05, 0.1) is 13.1 Å². The van der Waals surface area contributed by atoms with E-state index in [1.165, 1.54) is 9.75 Å². The van der Waals surface area contributed by atoms with Gasteiger partial charge in [-0.05, 0) is 37.0 Å². The standard InChI is InChI=1S/C26H38N2O2S/c1-5-7-9-14-25(29)27(17-21(3)6-2)20-26(30)28(18-23-12-10-8-11-13-23)19-24-16-15-22(4)31-24/h8,10-13,15-16,21H,5-7,9,14,17-20H2,1-4H3. The Morgan fingerprint density at radius 2 is 1.68 bits per heavy atom. The van der Waals surface area contributed by atoms with E-state index in [9.17, 15) is 9.59 Å². The fraction of sp³-hybridized carbons (Fsp3) is 0.538. The van der Waals surface area contributed by atoms with Crippen molar-refractivity contribution in [2.75, 3.05) is 13.1 Å². The van der Waals surface area contributed by atoms with Crippen molar-refractivity contribution in [2.45, 2.75) is 72.9 Å². The van der Waals surface area contributed by atoms with Crippen molar-refractivity contribution in [1.29, 1.82) is 0 Å². The number of amides is 2. The van der Waals surface area contributed by atoms with Crippen LogP contribution >= 0.6 is 11.3 Å². The Morgan fingerprint density at radius 1 is 0.935 bits per heavy atom. The van der Waals surface area contributed by atoms with Crippen LogP contribution in [0.3, 0.4) is 0 Å². The monoisotopic (exact) mass is 442 g/mol. The number of benzene rings is 1. The number of hydrogen-bond donors (Lipinski definition) is 0. The lowest BCUT2D eigenvalue weighted by atomic mass is 10.1. The maximum Gasteiger partial charge on any atom is 0.242 e. The molecule has 0 saturated carbocycles. The second-order valence-corrected chi connectivity index (χ2v) is 9.86. The van der Waals surface area contributed by atoms with Crippen molar-refractivity contribution in [3.63, 3.8) is 0 Å². The maximum atomic E-state index is 13.4. The zero-order valence-electron chi connectivity index (χ0n) is 19.6. The van der Waals surface area contributed by atoms with E-state index in [1.54, 1.807) is 16.2 Å². The summed E-state index contributed by atoms with van der Waals surface area (Å²) in [5.74, 6) is 0.501. The van der Waals surface area contributed by atoms with Crippen molar-refractivity contribution in [3.8, 4) is 0 Å². The summed E-state index contributed by atoms with van der Waals surface area (Å²) in [5, 5.41) is 0. The van der Waals surface area contributed by atoms with Gasteiger partial charge in [-0.25, -0.2) is 0 Å². The minimum atomic E-state index is 0.0158. The molecule has 1 aromatic heterocycles. The lowest BCUT2D eigenvalue weighted by Gasteiger charge is -2.29. The zero-order chi connectivity index (χ0) is 22.6. The number of hydrogen-bond acceptors (Lipinski definition) is 3. The molecule has 0 radical (unpaired) electrons. The molecule has 31 heavy (non-hydrogen) atoms. The largest absolute Gasteiger partial charge is 0.333 e. The highest BCUT2D eigenvalue weighted by Gasteiger charge is 2.23. The molecular weight excluding hydrogens is 404 g/mol. The highest BCUT2D eigenvalue weighted by Crippen LogP contribution is 2.19. The Morgan fingerprint density at radius 3 is 2.29 bits per heavy atom. The molecule has 2 amide bonds. The zero-order valence-corrected chi connectivity index (χ0v) is 20.4. The van der Waals surface area contributed by atoms with Crippen LogP contribution in [-0.4, -0.2) is 34.7 Å². The van der Waals surface area contributed by atoms with Gasteiger partial charge in [0.25, 0.3) is 0 Å². The Hall–Kier alpha value is -2.14. The Labute approximate surface area is 192 Å². The number of thiophene rings is 1. The predicted octanol–water partition coefficient (Wildman–Crippen LogP) is 6.04. The number of rotatable bonds is 13. The molecule has 0 aliphatic heterocycles. The molecular formula is C26H38N2O2S. The molecule has 0 bridgehead atoms. The summed E-state index contributed by atoms with van der Waals surface area (Å²) < 4.78 is 0. The molecule has 2 rings (SSSR count). The summed E-state index contributed by atoms with van der Waals surface area (Å²) in [7, 11) is 0. The molecule has 0 N–H and O–H groups in total. The highest BCUT2D eigenvalue weighted by atomic mass is 32.1. The van der Waals surface area contributed by atoms with E-state index >= 15 is 0 Å². The number of unbranched alkanes of at least 4 members (excludes halogenated alkanes) is 2. The smallest absolute Gasteiger partial charge is 0.242 e. The second-order valence-electron chi connectivity index (χ2n) is 8.49. The third-order valence-corrected chi connectivity index (χ3v) is 6.60. The lowest BCUT2D eigenvalue weighted by molar-refractivity contribution is -0.141. The van der Waals surface area contributed by atoms with Gasteiger partial charge in [-0.1, -0.05) is 70.4 Å². The molecule has 0 fully saturated rings. The molecule has 2 aromatic rings. The quantitative estimate of drug-likeness (QED) is 0.355. The van der Waals surface area contributed by atoms with Crippen LogP contribution < -0.4 is 0 Å². The first-order valence-corrected chi connectivity index (χ1v) is 12.4. The Kier molecular flexibility index (Phi) is 10.8. The second kappa shape index (κ2) is 13.3. The SMILES string of the molecule is CCCCCC(=O)N(CC(=O)N(Cc1ccccc1)Cc1ccc(C)s1)CC(C)CC. The molecule has 0 aliphatic rings.